The summed E-state index contributed by atoms with van der Waals surface area (Å²) in [5, 5.41) is 15.0. The molecule has 1 N–H and O–H groups in total. The maximum Gasteiger partial charge on any atom is 0.232 e. The minimum Gasteiger partial charge on any atom is -0.389 e. The summed E-state index contributed by atoms with van der Waals surface area (Å²) in [5.41, 5.74) is 2.49. The van der Waals surface area contributed by atoms with Crippen molar-refractivity contribution in [1.82, 2.24) is 10.1 Å². The number of ether oxygens (including phenoxy) is 1. The number of nitrogens with zero attached hydrogens (tertiary/aromatic N) is 3. The Morgan fingerprint density at radius 3 is 2.31 bits per heavy atom. The zero-order valence-corrected chi connectivity index (χ0v) is 20.5. The van der Waals surface area contributed by atoms with Crippen molar-refractivity contribution in [2.75, 3.05) is 37.7 Å². The molecule has 0 fully saturated rings. The van der Waals surface area contributed by atoms with Crippen LogP contribution in [0.1, 0.15) is 53.5 Å². The Labute approximate surface area is 192 Å². The van der Waals surface area contributed by atoms with Gasteiger partial charge in [-0.1, -0.05) is 19.0 Å². The van der Waals surface area contributed by atoms with E-state index in [1.807, 2.05) is 13.8 Å². The SMILES string of the molecule is CCN(CC)c1onc(-c2ccc(F)cc2)c1CN(CCC(C)C)C[C@@H](O)COC(C)C. The third kappa shape index (κ3) is 7.87. The first-order chi connectivity index (χ1) is 15.2. The molecule has 0 saturated carbocycles. The van der Waals surface area contributed by atoms with Crippen molar-refractivity contribution in [3.63, 3.8) is 0 Å². The monoisotopic (exact) mass is 449 g/mol. The Hall–Kier alpha value is -1.96. The highest BCUT2D eigenvalue weighted by molar-refractivity contribution is 5.68. The van der Waals surface area contributed by atoms with E-state index in [4.69, 9.17) is 9.26 Å². The summed E-state index contributed by atoms with van der Waals surface area (Å²) in [4.78, 5) is 4.37. The third-order valence-corrected chi connectivity index (χ3v) is 5.43. The Kier molecular flexibility index (Phi) is 10.6. The van der Waals surface area contributed by atoms with Gasteiger partial charge in [0.2, 0.25) is 5.88 Å². The molecule has 2 aromatic rings. The van der Waals surface area contributed by atoms with Crippen LogP contribution >= 0.6 is 0 Å². The maximum atomic E-state index is 13.5. The molecule has 6 nitrogen and oxygen atoms in total. The van der Waals surface area contributed by atoms with Gasteiger partial charge in [0.05, 0.1) is 24.4 Å². The van der Waals surface area contributed by atoms with E-state index in [2.05, 4.69) is 42.7 Å². The second kappa shape index (κ2) is 12.9. The number of aliphatic hydroxyl groups is 1. The zero-order chi connectivity index (χ0) is 23.7. The first-order valence-electron chi connectivity index (χ1n) is 11.8. The normalized spacial score (nSPS) is 12.8. The Balaban J connectivity index is 2.35. The number of aromatic nitrogens is 1. The van der Waals surface area contributed by atoms with Crippen LogP contribution in [0.15, 0.2) is 28.8 Å². The van der Waals surface area contributed by atoms with Gasteiger partial charge in [-0.25, -0.2) is 4.39 Å². The maximum absolute atomic E-state index is 13.5. The first kappa shape index (κ1) is 26.3. The third-order valence-electron chi connectivity index (χ3n) is 5.43. The molecule has 180 valence electrons. The van der Waals surface area contributed by atoms with Gasteiger partial charge in [-0.15, -0.1) is 0 Å². The fourth-order valence-corrected chi connectivity index (χ4v) is 3.59. The highest BCUT2D eigenvalue weighted by Crippen LogP contribution is 2.33. The predicted molar refractivity (Wildman–Crippen MR) is 127 cm³/mol. The van der Waals surface area contributed by atoms with Crippen molar-refractivity contribution in [3.05, 3.63) is 35.6 Å². The number of halogens is 1. The molecule has 0 amide bonds. The summed E-state index contributed by atoms with van der Waals surface area (Å²) in [6.45, 7) is 16.3. The minimum atomic E-state index is -0.587. The van der Waals surface area contributed by atoms with Gasteiger partial charge in [-0.3, -0.25) is 4.90 Å². The van der Waals surface area contributed by atoms with Crippen molar-refractivity contribution in [1.29, 1.82) is 0 Å². The van der Waals surface area contributed by atoms with Gasteiger partial charge in [0, 0.05) is 31.7 Å². The van der Waals surface area contributed by atoms with E-state index < -0.39 is 6.10 Å². The first-order valence-corrected chi connectivity index (χ1v) is 11.8. The van der Waals surface area contributed by atoms with Crippen molar-refractivity contribution in [2.24, 2.45) is 5.92 Å². The Morgan fingerprint density at radius 1 is 1.09 bits per heavy atom. The van der Waals surface area contributed by atoms with E-state index in [9.17, 15) is 9.50 Å². The van der Waals surface area contributed by atoms with Crippen LogP contribution in [0.4, 0.5) is 10.3 Å². The number of rotatable bonds is 14. The average Bonchev–Trinajstić information content (AvgIpc) is 3.15. The van der Waals surface area contributed by atoms with E-state index in [0.717, 1.165) is 48.8 Å². The number of hydrogen-bond acceptors (Lipinski definition) is 6. The minimum absolute atomic E-state index is 0.0752. The quantitative estimate of drug-likeness (QED) is 0.440. The van der Waals surface area contributed by atoms with Gasteiger partial charge in [-0.2, -0.15) is 0 Å². The number of hydrogen-bond donors (Lipinski definition) is 1. The van der Waals surface area contributed by atoms with Crippen molar-refractivity contribution < 1.29 is 18.8 Å². The molecule has 0 bridgehead atoms. The molecule has 0 aliphatic heterocycles. The lowest BCUT2D eigenvalue weighted by Crippen LogP contribution is -2.36. The predicted octanol–water partition coefficient (Wildman–Crippen LogP) is 4.96. The summed E-state index contributed by atoms with van der Waals surface area (Å²) in [5.74, 6) is 0.995. The average molecular weight is 450 g/mol. The molecule has 0 radical (unpaired) electrons. The number of benzene rings is 1. The summed E-state index contributed by atoms with van der Waals surface area (Å²) in [6.07, 6.45) is 0.497. The van der Waals surface area contributed by atoms with Crippen LogP contribution in [-0.2, 0) is 11.3 Å². The summed E-state index contributed by atoms with van der Waals surface area (Å²) >= 11 is 0. The zero-order valence-electron chi connectivity index (χ0n) is 20.5. The van der Waals surface area contributed by atoms with Gasteiger partial charge < -0.3 is 19.3 Å². The van der Waals surface area contributed by atoms with Crippen LogP contribution in [0.25, 0.3) is 11.3 Å². The Morgan fingerprint density at radius 2 is 1.75 bits per heavy atom. The fourth-order valence-electron chi connectivity index (χ4n) is 3.59. The summed E-state index contributed by atoms with van der Waals surface area (Å²) in [6, 6.07) is 6.34. The van der Waals surface area contributed by atoms with Crippen LogP contribution in [0.3, 0.4) is 0 Å². The molecular weight excluding hydrogens is 409 g/mol. The molecule has 1 heterocycles. The molecule has 0 aliphatic rings. The molecule has 1 atom stereocenters. The van der Waals surface area contributed by atoms with E-state index in [1.54, 1.807) is 12.1 Å². The highest BCUT2D eigenvalue weighted by Gasteiger charge is 2.24. The van der Waals surface area contributed by atoms with Gasteiger partial charge in [0.25, 0.3) is 0 Å². The molecule has 0 spiro atoms. The topological polar surface area (TPSA) is 62.0 Å². The molecule has 0 aliphatic carbocycles. The standard InChI is InChI=1S/C25H40FN3O3/c1-7-29(8-2)25-23(24(27-32-25)20-9-11-21(26)12-10-20)16-28(14-13-18(3)4)15-22(30)17-31-19(5)6/h9-12,18-19,22,30H,7-8,13-17H2,1-6H3/t22-/m1/s1. The Bertz CT molecular complexity index is 788. The second-order valence-electron chi connectivity index (χ2n) is 8.95. The van der Waals surface area contributed by atoms with Gasteiger partial charge in [0.15, 0.2) is 0 Å². The van der Waals surface area contributed by atoms with E-state index in [0.29, 0.717) is 25.6 Å². The molecule has 7 heteroatoms. The van der Waals surface area contributed by atoms with Gasteiger partial charge in [0.1, 0.15) is 11.5 Å². The highest BCUT2D eigenvalue weighted by atomic mass is 19.1. The number of anilines is 1. The van der Waals surface area contributed by atoms with Gasteiger partial charge in [-0.05, 0) is 70.8 Å². The van der Waals surface area contributed by atoms with Crippen LogP contribution in [0.2, 0.25) is 0 Å². The van der Waals surface area contributed by atoms with Gasteiger partial charge >= 0.3 is 0 Å². The second-order valence-corrected chi connectivity index (χ2v) is 8.95. The lowest BCUT2D eigenvalue weighted by Gasteiger charge is -2.27. The lowest BCUT2D eigenvalue weighted by atomic mass is 10.1. The van der Waals surface area contributed by atoms with E-state index >= 15 is 0 Å². The molecule has 0 unspecified atom stereocenters. The largest absolute Gasteiger partial charge is 0.389 e. The van der Waals surface area contributed by atoms with Crippen LogP contribution in [0.5, 0.6) is 0 Å². The summed E-state index contributed by atoms with van der Waals surface area (Å²) in [7, 11) is 0. The molecule has 1 aromatic heterocycles. The molecule has 1 aromatic carbocycles. The van der Waals surface area contributed by atoms with Crippen LogP contribution < -0.4 is 4.90 Å². The molecular formula is C25H40FN3O3. The van der Waals surface area contributed by atoms with Crippen molar-refractivity contribution >= 4 is 5.88 Å². The molecule has 2 rings (SSSR count). The molecule has 0 saturated heterocycles. The number of aliphatic hydroxyl groups excluding tert-OH is 1. The summed E-state index contributed by atoms with van der Waals surface area (Å²) < 4.78 is 24.9. The van der Waals surface area contributed by atoms with Crippen LogP contribution in [-0.4, -0.2) is 60.2 Å². The van der Waals surface area contributed by atoms with Crippen molar-refractivity contribution in [2.45, 2.75) is 66.7 Å². The fraction of sp³-hybridized carbons (Fsp3) is 0.640. The van der Waals surface area contributed by atoms with E-state index in [1.165, 1.54) is 12.1 Å². The van der Waals surface area contributed by atoms with Crippen molar-refractivity contribution in [3.8, 4) is 11.3 Å². The smallest absolute Gasteiger partial charge is 0.232 e. The molecule has 32 heavy (non-hydrogen) atoms. The van der Waals surface area contributed by atoms with E-state index in [-0.39, 0.29) is 11.9 Å². The lowest BCUT2D eigenvalue weighted by molar-refractivity contribution is -0.00996. The van der Waals surface area contributed by atoms with Crippen LogP contribution in [0, 0.1) is 11.7 Å².